The molecular formula is C12H12N2O3S. The van der Waals surface area contributed by atoms with Crippen LogP contribution in [0.15, 0.2) is 24.3 Å². The number of rotatable bonds is 2. The molecule has 1 aromatic heterocycles. The van der Waals surface area contributed by atoms with E-state index in [1.54, 1.807) is 0 Å². The van der Waals surface area contributed by atoms with Crippen LogP contribution in [0.3, 0.4) is 0 Å². The van der Waals surface area contributed by atoms with Crippen molar-refractivity contribution in [1.29, 1.82) is 0 Å². The Morgan fingerprint density at radius 2 is 2.33 bits per heavy atom. The molecule has 0 spiro atoms. The number of thiazole rings is 1. The first-order valence-electron chi connectivity index (χ1n) is 5.68. The summed E-state index contributed by atoms with van der Waals surface area (Å²) in [5, 5.41) is 9.96. The molecule has 94 valence electrons. The van der Waals surface area contributed by atoms with Gasteiger partial charge in [-0.2, -0.15) is 0 Å². The second kappa shape index (κ2) is 4.55. The van der Waals surface area contributed by atoms with Gasteiger partial charge in [-0.05, 0) is 12.1 Å². The molecule has 0 bridgehead atoms. The normalized spacial score (nSPS) is 20.2. The van der Waals surface area contributed by atoms with Gasteiger partial charge in [-0.25, -0.2) is 9.78 Å². The number of hydrogen-bond donors (Lipinski definition) is 1. The van der Waals surface area contributed by atoms with Crippen molar-refractivity contribution in [3.8, 4) is 0 Å². The summed E-state index contributed by atoms with van der Waals surface area (Å²) in [5.41, 5.74) is 0.910. The van der Waals surface area contributed by atoms with E-state index in [9.17, 15) is 9.90 Å². The third-order valence-electron chi connectivity index (χ3n) is 2.94. The van der Waals surface area contributed by atoms with E-state index in [1.165, 1.54) is 11.3 Å². The number of fused-ring (bicyclic) bond motifs is 1. The Morgan fingerprint density at radius 3 is 3.11 bits per heavy atom. The van der Waals surface area contributed by atoms with E-state index in [2.05, 4.69) is 4.98 Å². The third kappa shape index (κ3) is 1.93. The fraction of sp³-hybridized carbons (Fsp3) is 0.333. The quantitative estimate of drug-likeness (QED) is 0.892. The SMILES string of the molecule is O=C(O)C1COCCN1c1nc2ccccc2s1. The molecule has 2 aromatic rings. The lowest BCUT2D eigenvalue weighted by Crippen LogP contribution is -2.50. The van der Waals surface area contributed by atoms with E-state index in [0.717, 1.165) is 15.3 Å². The molecule has 5 nitrogen and oxygen atoms in total. The lowest BCUT2D eigenvalue weighted by molar-refractivity contribution is -0.141. The van der Waals surface area contributed by atoms with Gasteiger partial charge in [0.2, 0.25) is 0 Å². The molecule has 1 unspecified atom stereocenters. The standard InChI is InChI=1S/C12H12N2O3S/c15-11(16)9-7-17-6-5-14(9)12-13-8-3-1-2-4-10(8)18-12/h1-4,9H,5-7H2,(H,15,16). The van der Waals surface area contributed by atoms with Crippen LogP contribution >= 0.6 is 11.3 Å². The smallest absolute Gasteiger partial charge is 0.328 e. The van der Waals surface area contributed by atoms with Crippen LogP contribution < -0.4 is 4.90 Å². The zero-order valence-corrected chi connectivity index (χ0v) is 10.4. The topological polar surface area (TPSA) is 62.7 Å². The van der Waals surface area contributed by atoms with Crippen LogP contribution in [-0.4, -0.2) is 41.9 Å². The van der Waals surface area contributed by atoms with Crippen LogP contribution in [0.1, 0.15) is 0 Å². The molecule has 1 saturated heterocycles. The van der Waals surface area contributed by atoms with Gasteiger partial charge in [-0.1, -0.05) is 23.5 Å². The Balaban J connectivity index is 1.98. The van der Waals surface area contributed by atoms with Crippen molar-refractivity contribution in [3.63, 3.8) is 0 Å². The number of benzene rings is 1. The van der Waals surface area contributed by atoms with Gasteiger partial charge < -0.3 is 14.7 Å². The number of para-hydroxylation sites is 1. The Labute approximate surface area is 108 Å². The first-order chi connectivity index (χ1) is 8.75. The highest BCUT2D eigenvalue weighted by molar-refractivity contribution is 7.22. The minimum absolute atomic E-state index is 0.214. The number of morpholine rings is 1. The molecule has 1 fully saturated rings. The molecular weight excluding hydrogens is 252 g/mol. The molecule has 1 aliphatic rings. The maximum absolute atomic E-state index is 11.2. The first-order valence-corrected chi connectivity index (χ1v) is 6.50. The lowest BCUT2D eigenvalue weighted by atomic mass is 10.2. The number of carbonyl (C=O) groups is 1. The van der Waals surface area contributed by atoms with Gasteiger partial charge in [0, 0.05) is 6.54 Å². The van der Waals surface area contributed by atoms with E-state index < -0.39 is 12.0 Å². The van der Waals surface area contributed by atoms with Crippen LogP contribution in [0.25, 0.3) is 10.2 Å². The van der Waals surface area contributed by atoms with Crippen LogP contribution in [0, 0.1) is 0 Å². The number of aromatic nitrogens is 1. The molecule has 0 radical (unpaired) electrons. The summed E-state index contributed by atoms with van der Waals surface area (Å²) in [7, 11) is 0. The molecule has 6 heteroatoms. The summed E-state index contributed by atoms with van der Waals surface area (Å²) >= 11 is 1.52. The van der Waals surface area contributed by atoms with Crippen molar-refractivity contribution < 1.29 is 14.6 Å². The monoisotopic (exact) mass is 264 g/mol. The highest BCUT2D eigenvalue weighted by Crippen LogP contribution is 2.30. The predicted octanol–water partition coefficient (Wildman–Crippen LogP) is 1.59. The van der Waals surface area contributed by atoms with Crippen LogP contribution in [-0.2, 0) is 9.53 Å². The van der Waals surface area contributed by atoms with E-state index in [-0.39, 0.29) is 6.61 Å². The Hall–Kier alpha value is -1.66. The van der Waals surface area contributed by atoms with Crippen molar-refractivity contribution >= 4 is 32.7 Å². The summed E-state index contributed by atoms with van der Waals surface area (Å²) in [4.78, 5) is 17.5. The highest BCUT2D eigenvalue weighted by Gasteiger charge is 2.31. The fourth-order valence-corrected chi connectivity index (χ4v) is 3.06. The summed E-state index contributed by atoms with van der Waals surface area (Å²) in [6, 6.07) is 7.18. The average Bonchev–Trinajstić information content (AvgIpc) is 2.82. The highest BCUT2D eigenvalue weighted by atomic mass is 32.1. The molecule has 18 heavy (non-hydrogen) atoms. The number of carboxylic acids is 1. The molecule has 1 aromatic carbocycles. The van der Waals surface area contributed by atoms with Gasteiger partial charge in [-0.3, -0.25) is 0 Å². The predicted molar refractivity (Wildman–Crippen MR) is 69.2 cm³/mol. The van der Waals surface area contributed by atoms with Crippen molar-refractivity contribution in [2.24, 2.45) is 0 Å². The number of ether oxygens (including phenoxy) is 1. The zero-order valence-electron chi connectivity index (χ0n) is 9.57. The number of carboxylic acid groups (broad SMARTS) is 1. The molecule has 0 saturated carbocycles. The number of hydrogen-bond acceptors (Lipinski definition) is 5. The minimum atomic E-state index is -0.867. The first kappa shape index (κ1) is 11.4. The lowest BCUT2D eigenvalue weighted by Gasteiger charge is -2.32. The van der Waals surface area contributed by atoms with Crippen LogP contribution in [0.4, 0.5) is 5.13 Å². The number of aliphatic carboxylic acids is 1. The van der Waals surface area contributed by atoms with Gasteiger partial charge in [0.05, 0.1) is 23.4 Å². The van der Waals surface area contributed by atoms with Gasteiger partial charge >= 0.3 is 5.97 Å². The van der Waals surface area contributed by atoms with E-state index in [0.29, 0.717) is 13.2 Å². The maximum atomic E-state index is 11.2. The van der Waals surface area contributed by atoms with Gasteiger partial charge in [0.25, 0.3) is 0 Å². The van der Waals surface area contributed by atoms with Crippen LogP contribution in [0.5, 0.6) is 0 Å². The Kier molecular flexibility index (Phi) is 2.89. The summed E-state index contributed by atoms with van der Waals surface area (Å²) < 4.78 is 6.30. The molecule has 0 aliphatic carbocycles. The van der Waals surface area contributed by atoms with Crippen LogP contribution in [0.2, 0.25) is 0 Å². The van der Waals surface area contributed by atoms with Gasteiger partial charge in [0.1, 0.15) is 0 Å². The van der Waals surface area contributed by atoms with E-state index in [1.807, 2.05) is 29.2 Å². The molecule has 1 atom stereocenters. The van der Waals surface area contributed by atoms with E-state index >= 15 is 0 Å². The van der Waals surface area contributed by atoms with Crippen molar-refractivity contribution in [1.82, 2.24) is 4.98 Å². The summed E-state index contributed by atoms with van der Waals surface area (Å²) in [5.74, 6) is -0.867. The van der Waals surface area contributed by atoms with Crippen molar-refractivity contribution in [2.45, 2.75) is 6.04 Å². The largest absolute Gasteiger partial charge is 0.480 e. The fourth-order valence-electron chi connectivity index (χ4n) is 2.02. The van der Waals surface area contributed by atoms with Crippen molar-refractivity contribution in [2.75, 3.05) is 24.7 Å². The molecule has 0 amide bonds. The van der Waals surface area contributed by atoms with Gasteiger partial charge in [-0.15, -0.1) is 0 Å². The Bertz CT molecular complexity index is 550. The molecule has 3 rings (SSSR count). The zero-order chi connectivity index (χ0) is 12.5. The molecule has 2 heterocycles. The van der Waals surface area contributed by atoms with Gasteiger partial charge in [0.15, 0.2) is 11.2 Å². The Morgan fingerprint density at radius 1 is 1.50 bits per heavy atom. The average molecular weight is 264 g/mol. The third-order valence-corrected chi connectivity index (χ3v) is 4.02. The number of anilines is 1. The molecule has 1 aliphatic heterocycles. The number of nitrogens with zero attached hydrogens (tertiary/aromatic N) is 2. The van der Waals surface area contributed by atoms with E-state index in [4.69, 9.17) is 4.74 Å². The summed E-state index contributed by atoms with van der Waals surface area (Å²) in [6.45, 7) is 1.32. The second-order valence-corrected chi connectivity index (χ2v) is 5.10. The second-order valence-electron chi connectivity index (χ2n) is 4.09. The minimum Gasteiger partial charge on any atom is -0.480 e. The molecule has 1 N–H and O–H groups in total. The maximum Gasteiger partial charge on any atom is 0.328 e. The van der Waals surface area contributed by atoms with Crippen molar-refractivity contribution in [3.05, 3.63) is 24.3 Å². The summed E-state index contributed by atoms with van der Waals surface area (Å²) in [6.07, 6.45) is 0.